The molecule has 1 heterocycles. The molecule has 96 valence electrons. The highest BCUT2D eigenvalue weighted by molar-refractivity contribution is 5.24. The molecule has 4 heteroatoms. The van der Waals surface area contributed by atoms with Crippen LogP contribution < -0.4 is 5.32 Å². The lowest BCUT2D eigenvalue weighted by Gasteiger charge is -2.19. The van der Waals surface area contributed by atoms with E-state index in [9.17, 15) is 0 Å². The average Bonchev–Trinajstić information content (AvgIpc) is 2.36. The Hall–Kier alpha value is -1.16. The van der Waals surface area contributed by atoms with E-state index in [4.69, 9.17) is 0 Å². The Morgan fingerprint density at radius 2 is 2.06 bits per heavy atom. The van der Waals surface area contributed by atoms with E-state index in [2.05, 4.69) is 41.0 Å². The average molecular weight is 236 g/mol. The molecule has 0 saturated carbocycles. The van der Waals surface area contributed by atoms with Crippen LogP contribution in [-0.4, -0.2) is 34.5 Å². The first kappa shape index (κ1) is 13.9. The van der Waals surface area contributed by atoms with Crippen molar-refractivity contribution in [1.82, 2.24) is 14.9 Å². The zero-order valence-electron chi connectivity index (χ0n) is 11.2. The zero-order valence-corrected chi connectivity index (χ0v) is 11.2. The van der Waals surface area contributed by atoms with Gasteiger partial charge in [0.2, 0.25) is 5.95 Å². The quantitative estimate of drug-likeness (QED) is 0.753. The molecule has 0 fully saturated rings. The van der Waals surface area contributed by atoms with E-state index >= 15 is 0 Å². The van der Waals surface area contributed by atoms with Crippen LogP contribution in [0.5, 0.6) is 0 Å². The molecule has 0 spiro atoms. The number of anilines is 1. The van der Waals surface area contributed by atoms with E-state index in [0.717, 1.165) is 44.2 Å². The van der Waals surface area contributed by atoms with Crippen LogP contribution in [0.25, 0.3) is 0 Å². The minimum atomic E-state index is 0.747. The fourth-order valence-electron chi connectivity index (χ4n) is 1.70. The normalized spacial score (nSPS) is 10.8. The SMILES string of the molecule is CCCNc1nccc(CN(CC)CCC)n1. The number of hydrogen-bond donors (Lipinski definition) is 1. The molecule has 0 amide bonds. The molecule has 0 aliphatic rings. The molecule has 1 aromatic rings. The highest BCUT2D eigenvalue weighted by atomic mass is 15.1. The van der Waals surface area contributed by atoms with Crippen molar-refractivity contribution in [3.63, 3.8) is 0 Å². The van der Waals surface area contributed by atoms with E-state index in [1.165, 1.54) is 6.42 Å². The maximum atomic E-state index is 4.52. The van der Waals surface area contributed by atoms with Crippen LogP contribution in [0.15, 0.2) is 12.3 Å². The van der Waals surface area contributed by atoms with Crippen LogP contribution in [-0.2, 0) is 6.54 Å². The predicted molar refractivity (Wildman–Crippen MR) is 72.1 cm³/mol. The summed E-state index contributed by atoms with van der Waals surface area (Å²) in [5.41, 5.74) is 1.09. The molecule has 0 aliphatic heterocycles. The predicted octanol–water partition coefficient (Wildman–Crippen LogP) is 2.53. The maximum absolute atomic E-state index is 4.52. The van der Waals surface area contributed by atoms with Crippen molar-refractivity contribution in [2.24, 2.45) is 0 Å². The van der Waals surface area contributed by atoms with Gasteiger partial charge in [0.15, 0.2) is 0 Å². The number of aromatic nitrogens is 2. The van der Waals surface area contributed by atoms with Gasteiger partial charge in [0.1, 0.15) is 0 Å². The zero-order chi connectivity index (χ0) is 12.5. The van der Waals surface area contributed by atoms with Crippen molar-refractivity contribution < 1.29 is 0 Å². The maximum Gasteiger partial charge on any atom is 0.222 e. The Morgan fingerprint density at radius 3 is 2.71 bits per heavy atom. The third-order valence-electron chi connectivity index (χ3n) is 2.62. The Kier molecular flexibility index (Phi) is 6.55. The molecule has 0 unspecified atom stereocenters. The van der Waals surface area contributed by atoms with Gasteiger partial charge in [-0.1, -0.05) is 20.8 Å². The van der Waals surface area contributed by atoms with E-state index in [1.807, 2.05) is 12.3 Å². The lowest BCUT2D eigenvalue weighted by molar-refractivity contribution is 0.277. The van der Waals surface area contributed by atoms with Gasteiger partial charge in [-0.2, -0.15) is 0 Å². The van der Waals surface area contributed by atoms with Gasteiger partial charge in [0, 0.05) is 19.3 Å². The summed E-state index contributed by atoms with van der Waals surface area (Å²) < 4.78 is 0. The van der Waals surface area contributed by atoms with Gasteiger partial charge in [0.25, 0.3) is 0 Å². The van der Waals surface area contributed by atoms with E-state index in [1.54, 1.807) is 0 Å². The number of hydrogen-bond acceptors (Lipinski definition) is 4. The van der Waals surface area contributed by atoms with Crippen molar-refractivity contribution >= 4 is 5.95 Å². The highest BCUT2D eigenvalue weighted by Gasteiger charge is 2.04. The van der Waals surface area contributed by atoms with Crippen LogP contribution in [0.3, 0.4) is 0 Å². The van der Waals surface area contributed by atoms with Crippen LogP contribution in [0.2, 0.25) is 0 Å². The molecule has 1 rings (SSSR count). The number of nitrogens with zero attached hydrogens (tertiary/aromatic N) is 3. The van der Waals surface area contributed by atoms with E-state index in [0.29, 0.717) is 0 Å². The van der Waals surface area contributed by atoms with E-state index < -0.39 is 0 Å². The topological polar surface area (TPSA) is 41.1 Å². The first-order valence-electron chi connectivity index (χ1n) is 6.58. The molecule has 0 atom stereocenters. The summed E-state index contributed by atoms with van der Waals surface area (Å²) >= 11 is 0. The minimum absolute atomic E-state index is 0.747. The third kappa shape index (κ3) is 5.13. The summed E-state index contributed by atoms with van der Waals surface area (Å²) in [5.74, 6) is 0.747. The first-order chi connectivity index (χ1) is 8.30. The Morgan fingerprint density at radius 1 is 1.24 bits per heavy atom. The molecule has 0 radical (unpaired) electrons. The second-order valence-electron chi connectivity index (χ2n) is 4.17. The van der Waals surface area contributed by atoms with Crippen LogP contribution in [0, 0.1) is 0 Å². The molecule has 0 saturated heterocycles. The van der Waals surface area contributed by atoms with Crippen LogP contribution >= 0.6 is 0 Å². The summed E-state index contributed by atoms with van der Waals surface area (Å²) in [4.78, 5) is 11.1. The smallest absolute Gasteiger partial charge is 0.222 e. The van der Waals surface area contributed by atoms with Gasteiger partial charge in [-0.3, -0.25) is 4.90 Å². The molecule has 4 nitrogen and oxygen atoms in total. The summed E-state index contributed by atoms with van der Waals surface area (Å²) in [5, 5.41) is 3.22. The number of nitrogens with one attached hydrogen (secondary N) is 1. The van der Waals surface area contributed by atoms with Gasteiger partial charge in [0.05, 0.1) is 5.69 Å². The first-order valence-corrected chi connectivity index (χ1v) is 6.58. The van der Waals surface area contributed by atoms with Gasteiger partial charge in [-0.05, 0) is 32.0 Å². The molecule has 0 bridgehead atoms. The molecule has 17 heavy (non-hydrogen) atoms. The second kappa shape index (κ2) is 8.01. The second-order valence-corrected chi connectivity index (χ2v) is 4.17. The van der Waals surface area contributed by atoms with Crippen molar-refractivity contribution in [1.29, 1.82) is 0 Å². The molecule has 0 aliphatic carbocycles. The molecule has 1 aromatic heterocycles. The van der Waals surface area contributed by atoms with Crippen LogP contribution in [0.4, 0.5) is 5.95 Å². The fraction of sp³-hybridized carbons (Fsp3) is 0.692. The standard InChI is InChI=1S/C13H24N4/c1-4-8-14-13-15-9-7-12(16-13)11-17(6-3)10-5-2/h7,9H,4-6,8,10-11H2,1-3H3,(H,14,15,16). The summed E-state index contributed by atoms with van der Waals surface area (Å²) in [6, 6.07) is 2.00. The van der Waals surface area contributed by atoms with Gasteiger partial charge >= 0.3 is 0 Å². The van der Waals surface area contributed by atoms with Crippen molar-refractivity contribution in [3.05, 3.63) is 18.0 Å². The number of rotatable bonds is 8. The van der Waals surface area contributed by atoms with Crippen molar-refractivity contribution in [2.45, 2.75) is 40.2 Å². The van der Waals surface area contributed by atoms with Gasteiger partial charge in [-0.15, -0.1) is 0 Å². The van der Waals surface area contributed by atoms with Crippen LogP contribution in [0.1, 0.15) is 39.3 Å². The lowest BCUT2D eigenvalue weighted by Crippen LogP contribution is -2.24. The molecular formula is C13H24N4. The monoisotopic (exact) mass is 236 g/mol. The molecular weight excluding hydrogens is 212 g/mol. The summed E-state index contributed by atoms with van der Waals surface area (Å²) in [6.07, 6.45) is 4.10. The fourth-order valence-corrected chi connectivity index (χ4v) is 1.70. The Bertz CT molecular complexity index is 314. The lowest BCUT2D eigenvalue weighted by atomic mass is 10.3. The Labute approximate surface area is 104 Å². The molecule has 0 aromatic carbocycles. The summed E-state index contributed by atoms with van der Waals surface area (Å²) in [6.45, 7) is 10.6. The minimum Gasteiger partial charge on any atom is -0.354 e. The van der Waals surface area contributed by atoms with Gasteiger partial charge in [-0.25, -0.2) is 9.97 Å². The third-order valence-corrected chi connectivity index (χ3v) is 2.62. The van der Waals surface area contributed by atoms with Gasteiger partial charge < -0.3 is 5.32 Å². The van der Waals surface area contributed by atoms with Crippen molar-refractivity contribution in [3.8, 4) is 0 Å². The highest BCUT2D eigenvalue weighted by Crippen LogP contribution is 2.05. The molecule has 1 N–H and O–H groups in total. The summed E-state index contributed by atoms with van der Waals surface area (Å²) in [7, 11) is 0. The Balaban J connectivity index is 2.57. The van der Waals surface area contributed by atoms with Crippen molar-refractivity contribution in [2.75, 3.05) is 25.0 Å². The largest absolute Gasteiger partial charge is 0.354 e. The van der Waals surface area contributed by atoms with E-state index in [-0.39, 0.29) is 0 Å².